The van der Waals surface area contributed by atoms with Crippen LogP contribution in [0.3, 0.4) is 0 Å². The van der Waals surface area contributed by atoms with Gasteiger partial charge in [0.2, 0.25) is 24.5 Å². The summed E-state index contributed by atoms with van der Waals surface area (Å²) in [6.07, 6.45) is 11.7. The van der Waals surface area contributed by atoms with Crippen LogP contribution in [0.5, 0.6) is 0 Å². The minimum absolute atomic E-state index is 0.0145. The largest absolute Gasteiger partial charge is 0.460 e. The predicted molar refractivity (Wildman–Crippen MR) is 246 cm³/mol. The Morgan fingerprint density at radius 1 is 0.559 bits per heavy atom. The summed E-state index contributed by atoms with van der Waals surface area (Å²) in [5, 5.41) is 5.72. The van der Waals surface area contributed by atoms with Crippen molar-refractivity contribution in [3.05, 3.63) is 133 Å². The lowest BCUT2D eigenvalue weighted by molar-refractivity contribution is -0.671. The molecule has 0 bridgehead atoms. The first-order chi connectivity index (χ1) is 33.0. The van der Waals surface area contributed by atoms with E-state index in [0.717, 1.165) is 37.1 Å². The zero-order chi connectivity index (χ0) is 47.8. The van der Waals surface area contributed by atoms with E-state index in [0.29, 0.717) is 12.8 Å². The highest BCUT2D eigenvalue weighted by Crippen LogP contribution is 2.29. The number of unbranched alkanes of at least 4 members (excludes halogenated alkanes) is 2. The van der Waals surface area contributed by atoms with Crippen LogP contribution < -0.4 is 19.8 Å². The Hall–Kier alpha value is -7.50. The average Bonchev–Trinajstić information content (AvgIpc) is 4.16. The number of anilines is 2. The Labute approximate surface area is 395 Å². The molecule has 0 saturated carbocycles. The van der Waals surface area contributed by atoms with Crippen molar-refractivity contribution >= 4 is 47.3 Å². The van der Waals surface area contributed by atoms with E-state index in [1.165, 1.54) is 9.80 Å². The number of rotatable bonds is 20. The first-order valence-corrected chi connectivity index (χ1v) is 23.0. The van der Waals surface area contributed by atoms with Crippen molar-refractivity contribution in [2.45, 2.75) is 102 Å². The third-order valence-corrected chi connectivity index (χ3v) is 11.8. The molecule has 2 fully saturated rings. The topological polar surface area (TPSA) is 188 Å². The number of ether oxygens (including phenoxy) is 4. The summed E-state index contributed by atoms with van der Waals surface area (Å²) in [6.45, 7) is 1.30. The predicted octanol–water partition coefficient (Wildman–Crippen LogP) is 5.20. The Balaban J connectivity index is 0.989. The second-order valence-corrected chi connectivity index (χ2v) is 17.2. The molecule has 2 saturated heterocycles. The molecular formula is C50H60N8O10+2. The van der Waals surface area contributed by atoms with Crippen LogP contribution in [0, 0.1) is 0 Å². The Morgan fingerprint density at radius 2 is 0.956 bits per heavy atom. The van der Waals surface area contributed by atoms with E-state index in [2.05, 4.69) is 10.6 Å². The number of amides is 4. The SMILES string of the molecule is C[n+]1ccn(CCCCC(=O)O[C@@H]2C[C@@H](C(=O)Nc3ccccc3NC(=O)[C@@H]3C[C@@H](OC(=O)CCCCn4cc[n+](C)c4)CN3C(=O)OCc3ccccc3)N(C(=O)OCc3ccccc3)C2)c1. The summed E-state index contributed by atoms with van der Waals surface area (Å²) in [5.41, 5.74) is 1.94. The molecule has 2 aliphatic rings. The van der Waals surface area contributed by atoms with E-state index in [9.17, 15) is 28.8 Å². The van der Waals surface area contributed by atoms with Gasteiger partial charge in [-0.15, -0.1) is 0 Å². The fourth-order valence-corrected chi connectivity index (χ4v) is 8.29. The number of aromatic nitrogens is 4. The van der Waals surface area contributed by atoms with Gasteiger partial charge in [-0.2, -0.15) is 0 Å². The Bertz CT molecular complexity index is 2320. The molecule has 358 valence electrons. The Morgan fingerprint density at radius 3 is 1.34 bits per heavy atom. The zero-order valence-corrected chi connectivity index (χ0v) is 38.5. The molecule has 2 aliphatic heterocycles. The Kier molecular flexibility index (Phi) is 17.0. The summed E-state index contributed by atoms with van der Waals surface area (Å²) in [7, 11) is 3.88. The molecule has 2 aromatic heterocycles. The number of nitrogens with zero attached hydrogens (tertiary/aromatic N) is 6. The van der Waals surface area contributed by atoms with Crippen molar-refractivity contribution < 1.29 is 56.8 Å². The van der Waals surface area contributed by atoms with Gasteiger partial charge < -0.3 is 29.6 Å². The lowest BCUT2D eigenvalue weighted by Gasteiger charge is -2.25. The van der Waals surface area contributed by atoms with Gasteiger partial charge in [-0.05, 0) is 48.9 Å². The fourth-order valence-electron chi connectivity index (χ4n) is 8.29. The van der Waals surface area contributed by atoms with E-state index < -0.39 is 60.2 Å². The maximum Gasteiger partial charge on any atom is 0.410 e. The van der Waals surface area contributed by atoms with Crippen LogP contribution in [0.1, 0.15) is 62.5 Å². The summed E-state index contributed by atoms with van der Waals surface area (Å²) >= 11 is 0. The van der Waals surface area contributed by atoms with Gasteiger partial charge in [0.15, 0.2) is 0 Å². The van der Waals surface area contributed by atoms with Crippen molar-refractivity contribution in [3.8, 4) is 0 Å². The highest BCUT2D eigenvalue weighted by molar-refractivity contribution is 6.04. The van der Waals surface area contributed by atoms with Gasteiger partial charge in [-0.25, -0.2) is 27.9 Å². The van der Waals surface area contributed by atoms with Crippen LogP contribution in [-0.4, -0.2) is 92.3 Å². The maximum atomic E-state index is 14.2. The van der Waals surface area contributed by atoms with E-state index in [4.69, 9.17) is 18.9 Å². The number of aryl methyl sites for hydroxylation is 4. The first kappa shape index (κ1) is 48.4. The van der Waals surface area contributed by atoms with Crippen LogP contribution in [0.25, 0.3) is 0 Å². The summed E-state index contributed by atoms with van der Waals surface area (Å²) in [4.78, 5) is 84.1. The van der Waals surface area contributed by atoms with Crippen molar-refractivity contribution in [1.29, 1.82) is 0 Å². The number of carbonyl (C=O) groups excluding carboxylic acids is 6. The lowest BCUT2D eigenvalue weighted by atomic mass is 10.1. The second kappa shape index (κ2) is 23.8. The fraction of sp³-hybridized carbons (Fsp3) is 0.400. The molecule has 4 amide bonds. The highest BCUT2D eigenvalue weighted by Gasteiger charge is 2.44. The molecule has 0 spiro atoms. The van der Waals surface area contributed by atoms with Gasteiger partial charge in [0.25, 0.3) is 0 Å². The molecule has 0 unspecified atom stereocenters. The van der Waals surface area contributed by atoms with Crippen molar-refractivity contribution in [2.24, 2.45) is 14.1 Å². The quantitative estimate of drug-likeness (QED) is 0.0455. The van der Waals surface area contributed by atoms with Gasteiger partial charge >= 0.3 is 24.1 Å². The van der Waals surface area contributed by atoms with E-state index >= 15 is 0 Å². The van der Waals surface area contributed by atoms with Crippen molar-refractivity contribution in [2.75, 3.05) is 23.7 Å². The minimum Gasteiger partial charge on any atom is -0.460 e. The summed E-state index contributed by atoms with van der Waals surface area (Å²) in [5.74, 6) is -2.05. The smallest absolute Gasteiger partial charge is 0.410 e. The number of likely N-dealkylation sites (tertiary alicyclic amines) is 2. The van der Waals surface area contributed by atoms with Crippen LogP contribution in [0.15, 0.2) is 122 Å². The number of hydrogen-bond acceptors (Lipinski definition) is 10. The van der Waals surface area contributed by atoms with Crippen molar-refractivity contribution in [3.63, 3.8) is 0 Å². The third kappa shape index (κ3) is 14.0. The normalized spacial score (nSPS) is 17.6. The van der Waals surface area contributed by atoms with Crippen LogP contribution in [-0.2, 0) is 78.5 Å². The molecule has 4 atom stereocenters. The third-order valence-electron chi connectivity index (χ3n) is 11.8. The number of imidazole rings is 2. The van der Waals surface area contributed by atoms with Crippen LogP contribution >= 0.6 is 0 Å². The van der Waals surface area contributed by atoms with Crippen molar-refractivity contribution in [1.82, 2.24) is 18.9 Å². The van der Waals surface area contributed by atoms with Crippen LogP contribution in [0.4, 0.5) is 21.0 Å². The minimum atomic E-state index is -1.09. The highest BCUT2D eigenvalue weighted by atomic mass is 16.6. The van der Waals surface area contributed by atoms with Gasteiger partial charge in [0.05, 0.1) is 51.6 Å². The summed E-state index contributed by atoms with van der Waals surface area (Å²) < 4.78 is 30.8. The number of carbonyl (C=O) groups is 6. The monoisotopic (exact) mass is 932 g/mol. The molecule has 2 N–H and O–H groups in total. The number of hydrogen-bond donors (Lipinski definition) is 2. The standard InChI is InChI=1S/C50H58N8O10/c1-53-25-27-55(35-53)23-13-11-21-45(59)67-39-29-43(57(31-39)49(63)65-33-37-15-5-3-6-16-37)47(61)51-41-19-9-10-20-42(41)52-48(62)44-30-40(32-58(44)50(64)66-34-38-17-7-4-8-18-38)68-46(60)22-12-14-24-56-28-26-54(2)36-56/h3-10,15-20,25-28,35-36,39-40,43-44H,11-14,21-24,29-34H2,1-2H3/p+2/t39-,40-,43+,44+/m1/s1. The molecule has 0 radical (unpaired) electrons. The number of para-hydroxylation sites is 2. The molecule has 7 rings (SSSR count). The van der Waals surface area contributed by atoms with E-state index in [1.807, 2.05) is 130 Å². The molecule has 68 heavy (non-hydrogen) atoms. The molecule has 18 nitrogen and oxygen atoms in total. The molecule has 18 heteroatoms. The first-order valence-electron chi connectivity index (χ1n) is 23.0. The second-order valence-electron chi connectivity index (χ2n) is 17.2. The maximum absolute atomic E-state index is 14.2. The number of benzene rings is 3. The van der Waals surface area contributed by atoms with Gasteiger partial charge in [0, 0.05) is 25.7 Å². The molecular weight excluding hydrogens is 873 g/mol. The van der Waals surface area contributed by atoms with E-state index in [1.54, 1.807) is 24.3 Å². The zero-order valence-electron chi connectivity index (χ0n) is 38.5. The molecule has 0 aliphatic carbocycles. The molecule has 3 aromatic carbocycles. The molecule has 5 aromatic rings. The number of nitrogens with one attached hydrogen (secondary N) is 2. The van der Waals surface area contributed by atoms with Gasteiger partial charge in [-0.1, -0.05) is 72.8 Å². The van der Waals surface area contributed by atoms with Gasteiger partial charge in [0.1, 0.15) is 62.3 Å². The number of esters is 2. The lowest BCUT2D eigenvalue weighted by Crippen LogP contribution is -2.44. The average molecular weight is 933 g/mol. The van der Waals surface area contributed by atoms with E-state index in [-0.39, 0.29) is 63.4 Å². The summed E-state index contributed by atoms with van der Waals surface area (Å²) in [6, 6.07) is 22.6. The van der Waals surface area contributed by atoms with Crippen LogP contribution in [0.2, 0.25) is 0 Å². The van der Waals surface area contributed by atoms with Gasteiger partial charge in [-0.3, -0.25) is 29.0 Å². The molecule has 4 heterocycles.